The number of benzene rings is 2. The third-order valence-corrected chi connectivity index (χ3v) is 3.56. The van der Waals surface area contributed by atoms with Crippen molar-refractivity contribution < 1.29 is 14.6 Å². The predicted molar refractivity (Wildman–Crippen MR) is 88.3 cm³/mol. The number of hydrogen-bond donors (Lipinski definition) is 1. The van der Waals surface area contributed by atoms with Crippen LogP contribution in [0.25, 0.3) is 11.1 Å². The lowest BCUT2D eigenvalue weighted by molar-refractivity contribution is -0.134. The van der Waals surface area contributed by atoms with Gasteiger partial charge in [0, 0.05) is 0 Å². The molecule has 0 heterocycles. The molecular weight excluding hydrogens is 300 g/mol. The van der Waals surface area contributed by atoms with Gasteiger partial charge in [0.15, 0.2) is 0 Å². The topological polar surface area (TPSA) is 46.5 Å². The van der Waals surface area contributed by atoms with Crippen molar-refractivity contribution in [2.75, 3.05) is 0 Å². The predicted octanol–water partition coefficient (Wildman–Crippen LogP) is 4.62. The maximum Gasteiger partial charge on any atom is 0.329 e. The molecule has 116 valence electrons. The number of phenols is 1. The fraction of sp³-hybridized carbons (Fsp3) is 0.278. The van der Waals surface area contributed by atoms with Crippen LogP contribution in [0, 0.1) is 5.92 Å². The summed E-state index contributed by atoms with van der Waals surface area (Å²) in [4.78, 5) is 11.9. The Balaban J connectivity index is 2.03. The highest BCUT2D eigenvalue weighted by molar-refractivity contribution is 6.30. The molecule has 3 nitrogen and oxygen atoms in total. The summed E-state index contributed by atoms with van der Waals surface area (Å²) in [7, 11) is 0. The number of carbonyl (C=O) groups is 1. The fourth-order valence-electron chi connectivity index (χ4n) is 2.06. The van der Waals surface area contributed by atoms with E-state index < -0.39 is 11.3 Å². The monoisotopic (exact) mass is 318 g/mol. The van der Waals surface area contributed by atoms with Crippen molar-refractivity contribution in [2.45, 2.75) is 25.6 Å². The largest absolute Gasteiger partial charge is 0.508 e. The van der Waals surface area contributed by atoms with Crippen LogP contribution in [-0.2, 0) is 4.79 Å². The highest BCUT2D eigenvalue weighted by Gasteiger charge is 2.19. The van der Waals surface area contributed by atoms with E-state index in [1.807, 2.05) is 38.1 Å². The van der Waals surface area contributed by atoms with E-state index in [1.54, 1.807) is 24.3 Å². The summed E-state index contributed by atoms with van der Waals surface area (Å²) in [6, 6.07) is 14.1. The number of carbonyl (C=O) groups excluding carboxylic acids is 1. The second-order valence-electron chi connectivity index (χ2n) is 5.59. The zero-order valence-electron chi connectivity index (χ0n) is 12.6. The first-order chi connectivity index (χ1) is 10.5. The number of esters is 1. The Bertz CT molecular complexity index is 618. The van der Waals surface area contributed by atoms with Crippen LogP contribution in [0.5, 0.6) is 11.5 Å². The van der Waals surface area contributed by atoms with Gasteiger partial charge in [0.05, 0.1) is 0 Å². The summed E-state index contributed by atoms with van der Waals surface area (Å²) < 4.78 is 5.28. The summed E-state index contributed by atoms with van der Waals surface area (Å²) >= 11 is 6.02. The molecule has 0 saturated carbocycles. The summed E-state index contributed by atoms with van der Waals surface area (Å²) in [5.41, 5.74) is 1.95. The second kappa shape index (κ2) is 7.32. The molecule has 2 aromatic rings. The van der Waals surface area contributed by atoms with Gasteiger partial charge in [0.25, 0.3) is 0 Å². The Kier molecular flexibility index (Phi) is 5.45. The Morgan fingerprint density at radius 2 is 1.55 bits per heavy atom. The molecule has 1 N–H and O–H groups in total. The lowest BCUT2D eigenvalue weighted by atomic mass is 10.1. The highest BCUT2D eigenvalue weighted by atomic mass is 35.5. The molecule has 0 fully saturated rings. The van der Waals surface area contributed by atoms with Crippen LogP contribution in [0.4, 0.5) is 0 Å². The molecule has 0 aliphatic carbocycles. The number of halogens is 1. The number of hydrogen-bond acceptors (Lipinski definition) is 3. The normalized spacial score (nSPS) is 12.2. The average Bonchev–Trinajstić information content (AvgIpc) is 2.48. The Hall–Kier alpha value is -2.00. The molecule has 0 aromatic heterocycles. The molecule has 0 aliphatic rings. The van der Waals surface area contributed by atoms with E-state index in [2.05, 4.69) is 0 Å². The molecule has 1 atom stereocenters. The summed E-state index contributed by atoms with van der Waals surface area (Å²) in [6.07, 6.45) is 0.589. The maximum atomic E-state index is 11.9. The van der Waals surface area contributed by atoms with Gasteiger partial charge in [0.1, 0.15) is 16.9 Å². The number of phenolic OH excluding ortho intramolecular Hbond substituents is 1. The van der Waals surface area contributed by atoms with Gasteiger partial charge >= 0.3 is 5.97 Å². The van der Waals surface area contributed by atoms with Crippen molar-refractivity contribution in [2.24, 2.45) is 5.92 Å². The Morgan fingerprint density at radius 1 is 1.05 bits per heavy atom. The number of aromatic hydroxyl groups is 1. The molecular formula is C18H19ClO3. The molecule has 0 aliphatic heterocycles. The Morgan fingerprint density at radius 3 is 2.05 bits per heavy atom. The summed E-state index contributed by atoms with van der Waals surface area (Å²) in [5, 5.41) is 8.66. The molecule has 2 rings (SSSR count). The van der Waals surface area contributed by atoms with E-state index in [-0.39, 0.29) is 5.75 Å². The highest BCUT2D eigenvalue weighted by Crippen LogP contribution is 2.24. The minimum atomic E-state index is -0.628. The van der Waals surface area contributed by atoms with E-state index in [0.29, 0.717) is 18.1 Å². The Labute approximate surface area is 135 Å². The minimum Gasteiger partial charge on any atom is -0.508 e. The van der Waals surface area contributed by atoms with Crippen molar-refractivity contribution in [3.8, 4) is 22.6 Å². The molecule has 2 aromatic carbocycles. The van der Waals surface area contributed by atoms with E-state index in [9.17, 15) is 9.90 Å². The van der Waals surface area contributed by atoms with Crippen molar-refractivity contribution in [1.82, 2.24) is 0 Å². The van der Waals surface area contributed by atoms with Gasteiger partial charge in [-0.25, -0.2) is 0 Å². The van der Waals surface area contributed by atoms with E-state index in [1.165, 1.54) is 0 Å². The molecule has 1 unspecified atom stereocenters. The lowest BCUT2D eigenvalue weighted by Gasteiger charge is -2.11. The van der Waals surface area contributed by atoms with Crippen LogP contribution in [0.3, 0.4) is 0 Å². The molecule has 4 heteroatoms. The quantitative estimate of drug-likeness (QED) is 0.497. The van der Waals surface area contributed by atoms with Crippen molar-refractivity contribution in [1.29, 1.82) is 0 Å². The summed E-state index contributed by atoms with van der Waals surface area (Å²) in [6.45, 7) is 4.02. The SMILES string of the molecule is CC(C)CC(Cl)C(=O)Oc1ccc(-c2ccc(O)cc2)cc1. The van der Waals surface area contributed by atoms with E-state index in [4.69, 9.17) is 16.3 Å². The van der Waals surface area contributed by atoms with Crippen LogP contribution in [0.1, 0.15) is 20.3 Å². The fourth-order valence-corrected chi connectivity index (χ4v) is 2.46. The van der Waals surface area contributed by atoms with Gasteiger partial charge < -0.3 is 9.84 Å². The van der Waals surface area contributed by atoms with Gasteiger partial charge in [-0.2, -0.15) is 0 Å². The molecule has 0 saturated heterocycles. The first-order valence-corrected chi connectivity index (χ1v) is 7.64. The maximum absolute atomic E-state index is 11.9. The first kappa shape index (κ1) is 16.4. The van der Waals surface area contributed by atoms with Gasteiger partial charge in [0.2, 0.25) is 0 Å². The van der Waals surface area contributed by atoms with Gasteiger partial charge in [-0.3, -0.25) is 4.79 Å². The van der Waals surface area contributed by atoms with Crippen molar-refractivity contribution in [3.05, 3.63) is 48.5 Å². The van der Waals surface area contributed by atoms with Crippen LogP contribution in [-0.4, -0.2) is 16.5 Å². The molecule has 22 heavy (non-hydrogen) atoms. The zero-order chi connectivity index (χ0) is 16.1. The molecule has 0 spiro atoms. The smallest absolute Gasteiger partial charge is 0.329 e. The standard InChI is InChI=1S/C18H19ClO3/c1-12(2)11-17(19)18(21)22-16-9-5-14(6-10-16)13-3-7-15(20)8-4-13/h3-10,12,17,20H,11H2,1-2H3. The van der Waals surface area contributed by atoms with E-state index in [0.717, 1.165) is 11.1 Å². The zero-order valence-corrected chi connectivity index (χ0v) is 13.4. The average molecular weight is 319 g/mol. The van der Waals surface area contributed by atoms with Gasteiger partial charge in [-0.05, 0) is 47.7 Å². The molecule has 0 radical (unpaired) electrons. The molecule has 0 amide bonds. The number of ether oxygens (including phenoxy) is 1. The van der Waals surface area contributed by atoms with Gasteiger partial charge in [-0.1, -0.05) is 38.1 Å². The van der Waals surface area contributed by atoms with E-state index >= 15 is 0 Å². The molecule has 0 bridgehead atoms. The van der Waals surface area contributed by atoms with Crippen molar-refractivity contribution in [3.63, 3.8) is 0 Å². The first-order valence-electron chi connectivity index (χ1n) is 7.21. The number of alkyl halides is 1. The van der Waals surface area contributed by atoms with Gasteiger partial charge in [-0.15, -0.1) is 11.6 Å². The second-order valence-corrected chi connectivity index (χ2v) is 6.12. The number of rotatable bonds is 5. The lowest BCUT2D eigenvalue weighted by Crippen LogP contribution is -2.22. The van der Waals surface area contributed by atoms with Crippen molar-refractivity contribution >= 4 is 17.6 Å². The van der Waals surface area contributed by atoms with Crippen LogP contribution in [0.2, 0.25) is 0 Å². The summed E-state index contributed by atoms with van der Waals surface area (Å²) in [5.74, 6) is 0.620. The van der Waals surface area contributed by atoms with Crippen LogP contribution >= 0.6 is 11.6 Å². The third-order valence-electron chi connectivity index (χ3n) is 3.21. The minimum absolute atomic E-state index is 0.229. The van der Waals surface area contributed by atoms with Crippen LogP contribution in [0.15, 0.2) is 48.5 Å². The van der Waals surface area contributed by atoms with Crippen LogP contribution < -0.4 is 4.74 Å². The third kappa shape index (κ3) is 4.50.